The Morgan fingerprint density at radius 2 is 2.18 bits per heavy atom. The smallest absolute Gasteiger partial charge is 0.312 e. The van der Waals surface area contributed by atoms with Crippen molar-refractivity contribution < 1.29 is 14.8 Å². The predicted octanol–water partition coefficient (Wildman–Crippen LogP) is 1.69. The molecule has 1 aliphatic carbocycles. The molecule has 0 aliphatic heterocycles. The largest absolute Gasteiger partial charge is 0.501 e. The van der Waals surface area contributed by atoms with Gasteiger partial charge in [0.15, 0.2) is 5.78 Å². The second kappa shape index (κ2) is 3.87. The third-order valence-corrected chi connectivity index (χ3v) is 2.83. The first-order valence-electron chi connectivity index (χ1n) is 5.02. The number of nitriles is 1. The van der Waals surface area contributed by atoms with Gasteiger partial charge in [-0.1, -0.05) is 0 Å². The van der Waals surface area contributed by atoms with E-state index in [9.17, 15) is 20.0 Å². The number of carbonyl (C=O) groups is 1. The van der Waals surface area contributed by atoms with Crippen LogP contribution in [0.25, 0.3) is 0 Å². The number of fused-ring (bicyclic) bond motifs is 1. The molecule has 6 nitrogen and oxygen atoms in total. The van der Waals surface area contributed by atoms with Crippen molar-refractivity contribution in [1.29, 1.82) is 5.26 Å². The van der Waals surface area contributed by atoms with Gasteiger partial charge in [0, 0.05) is 18.1 Å². The molecule has 0 spiro atoms. The molecule has 0 aromatic heterocycles. The Morgan fingerprint density at radius 3 is 2.76 bits per heavy atom. The van der Waals surface area contributed by atoms with E-state index >= 15 is 0 Å². The van der Waals surface area contributed by atoms with Gasteiger partial charge >= 0.3 is 5.69 Å². The fourth-order valence-corrected chi connectivity index (χ4v) is 2.03. The Labute approximate surface area is 96.3 Å². The maximum absolute atomic E-state index is 11.6. The number of nitro groups is 1. The fourth-order valence-electron chi connectivity index (χ4n) is 2.03. The molecule has 0 atom stereocenters. The Bertz CT molecular complexity index is 572. The van der Waals surface area contributed by atoms with Gasteiger partial charge in [0.1, 0.15) is 11.6 Å². The van der Waals surface area contributed by atoms with Crippen molar-refractivity contribution in [2.75, 3.05) is 0 Å². The monoisotopic (exact) mass is 232 g/mol. The maximum atomic E-state index is 11.6. The van der Waals surface area contributed by atoms with Crippen molar-refractivity contribution in [2.45, 2.75) is 19.3 Å². The van der Waals surface area contributed by atoms with Gasteiger partial charge in [-0.25, -0.2) is 0 Å². The van der Waals surface area contributed by atoms with E-state index in [-0.39, 0.29) is 16.9 Å². The van der Waals surface area contributed by atoms with Crippen LogP contribution in [0.4, 0.5) is 5.69 Å². The van der Waals surface area contributed by atoms with Crippen LogP contribution in [0.1, 0.15) is 34.3 Å². The van der Waals surface area contributed by atoms with E-state index in [1.807, 2.05) is 0 Å². The number of ketones is 1. The Kier molecular flexibility index (Phi) is 2.52. The number of rotatable bonds is 1. The van der Waals surface area contributed by atoms with Gasteiger partial charge in [0.25, 0.3) is 0 Å². The molecule has 0 amide bonds. The molecule has 17 heavy (non-hydrogen) atoms. The Balaban J connectivity index is 2.79. The minimum atomic E-state index is -0.793. The maximum Gasteiger partial charge on any atom is 0.312 e. The van der Waals surface area contributed by atoms with Crippen LogP contribution in [0.15, 0.2) is 6.07 Å². The van der Waals surface area contributed by atoms with E-state index in [4.69, 9.17) is 5.26 Å². The van der Waals surface area contributed by atoms with Crippen LogP contribution < -0.4 is 0 Å². The van der Waals surface area contributed by atoms with Crippen molar-refractivity contribution in [2.24, 2.45) is 0 Å². The van der Waals surface area contributed by atoms with Gasteiger partial charge in [-0.2, -0.15) is 5.26 Å². The second-order valence-corrected chi connectivity index (χ2v) is 3.79. The summed E-state index contributed by atoms with van der Waals surface area (Å²) in [4.78, 5) is 21.5. The minimum Gasteiger partial charge on any atom is -0.501 e. The van der Waals surface area contributed by atoms with Crippen molar-refractivity contribution in [3.63, 3.8) is 0 Å². The average Bonchev–Trinajstić information content (AvgIpc) is 2.28. The Morgan fingerprint density at radius 1 is 1.47 bits per heavy atom. The SMILES string of the molecule is N#Cc1c(O)c([N+](=O)[O-])cc2c1CCCC2=O. The zero-order valence-corrected chi connectivity index (χ0v) is 8.77. The normalized spacial score (nSPS) is 13.9. The molecule has 0 saturated heterocycles. The van der Waals surface area contributed by atoms with E-state index in [2.05, 4.69) is 0 Å². The number of nitro benzene ring substituents is 1. The first-order valence-corrected chi connectivity index (χ1v) is 5.02. The summed E-state index contributed by atoms with van der Waals surface area (Å²) in [6.45, 7) is 0. The van der Waals surface area contributed by atoms with E-state index in [1.54, 1.807) is 6.07 Å². The van der Waals surface area contributed by atoms with Crippen LogP contribution in [-0.4, -0.2) is 15.8 Å². The van der Waals surface area contributed by atoms with Crippen LogP contribution >= 0.6 is 0 Å². The van der Waals surface area contributed by atoms with Crippen LogP contribution in [0.3, 0.4) is 0 Å². The molecule has 1 aromatic rings. The number of phenols is 1. The van der Waals surface area contributed by atoms with E-state index in [1.165, 1.54) is 0 Å². The first kappa shape index (κ1) is 11.1. The number of carbonyl (C=O) groups excluding carboxylic acids is 1. The van der Waals surface area contributed by atoms with Gasteiger partial charge in [0.2, 0.25) is 5.75 Å². The summed E-state index contributed by atoms with van der Waals surface area (Å²) in [7, 11) is 0. The summed E-state index contributed by atoms with van der Waals surface area (Å²) < 4.78 is 0. The zero-order chi connectivity index (χ0) is 12.6. The summed E-state index contributed by atoms with van der Waals surface area (Å²) in [6.07, 6.45) is 1.40. The molecule has 0 radical (unpaired) electrons. The molecule has 1 aromatic carbocycles. The Hall–Kier alpha value is -2.42. The predicted molar refractivity (Wildman–Crippen MR) is 56.7 cm³/mol. The lowest BCUT2D eigenvalue weighted by Gasteiger charge is -2.16. The molecule has 1 aliphatic rings. The summed E-state index contributed by atoms with van der Waals surface area (Å²) >= 11 is 0. The molecule has 2 rings (SSSR count). The van der Waals surface area contributed by atoms with Crippen LogP contribution in [0.5, 0.6) is 5.75 Å². The molecular formula is C11H8N2O4. The highest BCUT2D eigenvalue weighted by atomic mass is 16.6. The van der Waals surface area contributed by atoms with E-state index in [0.29, 0.717) is 24.8 Å². The number of nitrogens with zero attached hydrogens (tertiary/aromatic N) is 2. The molecule has 0 saturated carbocycles. The van der Waals surface area contributed by atoms with Gasteiger partial charge < -0.3 is 5.11 Å². The van der Waals surface area contributed by atoms with Crippen molar-refractivity contribution in [3.8, 4) is 11.8 Å². The second-order valence-electron chi connectivity index (χ2n) is 3.79. The standard InChI is InChI=1S/C11H8N2O4/c12-5-8-6-2-1-3-10(14)7(6)4-9(11(8)15)13(16)17/h4,15H,1-3H2. The quantitative estimate of drug-likeness (QED) is 0.586. The number of hydrogen-bond acceptors (Lipinski definition) is 5. The third-order valence-electron chi connectivity index (χ3n) is 2.83. The molecule has 86 valence electrons. The summed E-state index contributed by atoms with van der Waals surface area (Å²) in [6, 6.07) is 2.80. The summed E-state index contributed by atoms with van der Waals surface area (Å²) in [5.74, 6) is -0.864. The fraction of sp³-hybridized carbons (Fsp3) is 0.273. The zero-order valence-electron chi connectivity index (χ0n) is 8.77. The lowest BCUT2D eigenvalue weighted by molar-refractivity contribution is -0.385. The molecule has 6 heteroatoms. The molecule has 0 heterocycles. The number of Topliss-reactive ketones (excluding diaryl/α,β-unsaturated/α-hetero) is 1. The van der Waals surface area contributed by atoms with E-state index in [0.717, 1.165) is 6.07 Å². The summed E-state index contributed by atoms with van der Waals surface area (Å²) in [5, 5.41) is 29.3. The number of aromatic hydroxyl groups is 1. The average molecular weight is 232 g/mol. The number of benzene rings is 1. The highest BCUT2D eigenvalue weighted by Gasteiger charge is 2.28. The van der Waals surface area contributed by atoms with Gasteiger partial charge in [-0.05, 0) is 18.4 Å². The molecule has 0 unspecified atom stereocenters. The lowest BCUT2D eigenvalue weighted by atomic mass is 9.86. The lowest BCUT2D eigenvalue weighted by Crippen LogP contribution is -2.13. The minimum absolute atomic E-state index is 0.151. The van der Waals surface area contributed by atoms with Gasteiger partial charge in [0.05, 0.1) is 4.92 Å². The van der Waals surface area contributed by atoms with Crippen LogP contribution in [0, 0.1) is 21.4 Å². The highest BCUT2D eigenvalue weighted by molar-refractivity contribution is 6.00. The van der Waals surface area contributed by atoms with Crippen LogP contribution in [0.2, 0.25) is 0 Å². The molecule has 0 bridgehead atoms. The summed E-state index contributed by atoms with van der Waals surface area (Å²) in [5.41, 5.74) is -0.123. The first-order chi connectivity index (χ1) is 8.06. The molecule has 0 fully saturated rings. The van der Waals surface area contributed by atoms with Crippen molar-refractivity contribution in [3.05, 3.63) is 32.9 Å². The highest BCUT2D eigenvalue weighted by Crippen LogP contribution is 2.37. The van der Waals surface area contributed by atoms with Crippen molar-refractivity contribution >= 4 is 11.5 Å². The van der Waals surface area contributed by atoms with E-state index < -0.39 is 16.4 Å². The topological polar surface area (TPSA) is 104 Å². The van der Waals surface area contributed by atoms with Crippen molar-refractivity contribution in [1.82, 2.24) is 0 Å². The number of phenolic OH excluding ortho intramolecular Hbond substituents is 1. The number of hydrogen-bond donors (Lipinski definition) is 1. The van der Waals surface area contributed by atoms with Gasteiger partial charge in [-0.15, -0.1) is 0 Å². The molecule has 1 N–H and O–H groups in total. The van der Waals surface area contributed by atoms with Crippen LogP contribution in [-0.2, 0) is 6.42 Å². The van der Waals surface area contributed by atoms with Gasteiger partial charge in [-0.3, -0.25) is 14.9 Å². The third kappa shape index (κ3) is 1.61. The molecular weight excluding hydrogens is 224 g/mol.